The number of esters is 1. The molecule has 0 aliphatic heterocycles. The first kappa shape index (κ1) is 16.2. The first-order valence-electron chi connectivity index (χ1n) is 7.04. The normalized spacial score (nSPS) is 9.78. The van der Waals surface area contributed by atoms with Crippen molar-refractivity contribution in [1.29, 1.82) is 5.26 Å². The fraction of sp³-hybridized carbons (Fsp3) is 0.167. The molecule has 0 spiro atoms. The van der Waals surface area contributed by atoms with Crippen molar-refractivity contribution in [3.63, 3.8) is 0 Å². The quantitative estimate of drug-likeness (QED) is 0.881. The fourth-order valence-electron chi connectivity index (χ4n) is 2.04. The zero-order chi connectivity index (χ0) is 16.8. The molecule has 0 aliphatic carbocycles. The molecule has 0 aliphatic rings. The molecule has 0 unspecified atom stereocenters. The monoisotopic (exact) mass is 308 g/mol. The van der Waals surface area contributed by atoms with Crippen molar-refractivity contribution in [2.45, 2.75) is 13.8 Å². The molecule has 0 saturated heterocycles. The van der Waals surface area contributed by atoms with E-state index in [1.165, 1.54) is 24.3 Å². The van der Waals surface area contributed by atoms with Crippen molar-refractivity contribution in [2.24, 2.45) is 0 Å². The summed E-state index contributed by atoms with van der Waals surface area (Å²) >= 11 is 0. The highest BCUT2D eigenvalue weighted by Gasteiger charge is 2.11. The van der Waals surface area contributed by atoms with Gasteiger partial charge in [0.15, 0.2) is 6.61 Å². The van der Waals surface area contributed by atoms with Crippen LogP contribution in [0.4, 0.5) is 5.69 Å². The lowest BCUT2D eigenvalue weighted by molar-refractivity contribution is -0.119. The van der Waals surface area contributed by atoms with Gasteiger partial charge in [0.2, 0.25) is 0 Å². The molecule has 2 aromatic rings. The van der Waals surface area contributed by atoms with E-state index in [9.17, 15) is 9.59 Å². The number of benzene rings is 2. The van der Waals surface area contributed by atoms with Crippen molar-refractivity contribution in [3.8, 4) is 6.07 Å². The molecule has 23 heavy (non-hydrogen) atoms. The molecule has 1 amide bonds. The van der Waals surface area contributed by atoms with Gasteiger partial charge in [0.05, 0.1) is 17.2 Å². The number of carbonyl (C=O) groups excluding carboxylic acids is 2. The van der Waals surface area contributed by atoms with Gasteiger partial charge in [0, 0.05) is 5.69 Å². The molecule has 0 heterocycles. The number of hydrogen-bond donors (Lipinski definition) is 1. The fourth-order valence-corrected chi connectivity index (χ4v) is 2.04. The highest BCUT2D eigenvalue weighted by molar-refractivity contribution is 5.95. The van der Waals surface area contributed by atoms with E-state index in [4.69, 9.17) is 10.00 Å². The number of ether oxygens (including phenoxy) is 1. The van der Waals surface area contributed by atoms with Crippen LogP contribution in [0.2, 0.25) is 0 Å². The van der Waals surface area contributed by atoms with Crippen LogP contribution in [0.25, 0.3) is 0 Å². The van der Waals surface area contributed by atoms with E-state index < -0.39 is 11.9 Å². The molecule has 2 aromatic carbocycles. The molecular formula is C18H16N2O3. The van der Waals surface area contributed by atoms with Gasteiger partial charge in [-0.2, -0.15) is 5.26 Å². The van der Waals surface area contributed by atoms with E-state index in [1.807, 2.05) is 38.1 Å². The smallest absolute Gasteiger partial charge is 0.338 e. The Bertz CT molecular complexity index is 774. The minimum Gasteiger partial charge on any atom is -0.452 e. The van der Waals surface area contributed by atoms with Gasteiger partial charge < -0.3 is 10.1 Å². The lowest BCUT2D eigenvalue weighted by Gasteiger charge is -2.09. The van der Waals surface area contributed by atoms with Crippen LogP contribution >= 0.6 is 0 Å². The number of nitrogens with zero attached hydrogens (tertiary/aromatic N) is 1. The van der Waals surface area contributed by atoms with Crippen LogP contribution in [0.3, 0.4) is 0 Å². The Morgan fingerprint density at radius 3 is 2.43 bits per heavy atom. The minimum absolute atomic E-state index is 0.295. The standard InChI is InChI=1S/C18H16N2O3/c1-12-3-8-16(13(2)9-12)20-17(21)11-23-18(22)15-6-4-14(10-19)5-7-15/h3-9H,11H2,1-2H3,(H,20,21). The van der Waals surface area contributed by atoms with Crippen LogP contribution < -0.4 is 5.32 Å². The molecule has 5 heteroatoms. The first-order chi connectivity index (χ1) is 11.0. The summed E-state index contributed by atoms with van der Waals surface area (Å²) in [4.78, 5) is 23.7. The summed E-state index contributed by atoms with van der Waals surface area (Å²) in [6, 6.07) is 13.6. The third-order valence-electron chi connectivity index (χ3n) is 3.24. The van der Waals surface area contributed by atoms with Crippen LogP contribution in [-0.4, -0.2) is 18.5 Å². The highest BCUT2D eigenvalue weighted by Crippen LogP contribution is 2.15. The molecule has 116 valence electrons. The van der Waals surface area contributed by atoms with Crippen molar-refractivity contribution < 1.29 is 14.3 Å². The molecule has 0 fully saturated rings. The summed E-state index contributed by atoms with van der Waals surface area (Å²) in [7, 11) is 0. The average molecular weight is 308 g/mol. The summed E-state index contributed by atoms with van der Waals surface area (Å²) in [6.07, 6.45) is 0. The van der Waals surface area contributed by atoms with Crippen molar-refractivity contribution in [3.05, 3.63) is 64.7 Å². The molecule has 2 rings (SSSR count). The highest BCUT2D eigenvalue weighted by atomic mass is 16.5. The van der Waals surface area contributed by atoms with E-state index in [0.717, 1.165) is 11.1 Å². The first-order valence-corrected chi connectivity index (χ1v) is 7.04. The van der Waals surface area contributed by atoms with Crippen molar-refractivity contribution in [1.82, 2.24) is 0 Å². The molecule has 0 saturated carbocycles. The molecular weight excluding hydrogens is 292 g/mol. The number of hydrogen-bond acceptors (Lipinski definition) is 4. The Kier molecular flexibility index (Phi) is 5.11. The van der Waals surface area contributed by atoms with Crippen LogP contribution in [-0.2, 0) is 9.53 Å². The van der Waals surface area contributed by atoms with Crippen LogP contribution in [0.15, 0.2) is 42.5 Å². The largest absolute Gasteiger partial charge is 0.452 e. The topological polar surface area (TPSA) is 79.2 Å². The van der Waals surface area contributed by atoms with E-state index >= 15 is 0 Å². The van der Waals surface area contributed by atoms with Gasteiger partial charge in [-0.05, 0) is 49.7 Å². The van der Waals surface area contributed by atoms with Gasteiger partial charge in [0.1, 0.15) is 0 Å². The number of anilines is 1. The van der Waals surface area contributed by atoms with Gasteiger partial charge in [-0.1, -0.05) is 17.7 Å². The third-order valence-corrected chi connectivity index (χ3v) is 3.24. The number of rotatable bonds is 4. The summed E-state index contributed by atoms with van der Waals surface area (Å²) in [6.45, 7) is 3.50. The predicted molar refractivity (Wildman–Crippen MR) is 86.0 cm³/mol. The molecule has 0 bridgehead atoms. The zero-order valence-electron chi connectivity index (χ0n) is 12.9. The number of nitriles is 1. The number of aryl methyl sites for hydroxylation is 2. The van der Waals surface area contributed by atoms with E-state index in [0.29, 0.717) is 16.8 Å². The maximum atomic E-state index is 11.9. The molecule has 0 aromatic heterocycles. The molecule has 5 nitrogen and oxygen atoms in total. The van der Waals surface area contributed by atoms with Gasteiger partial charge in [-0.3, -0.25) is 4.79 Å². The second kappa shape index (κ2) is 7.23. The van der Waals surface area contributed by atoms with Crippen LogP contribution in [0.5, 0.6) is 0 Å². The Morgan fingerprint density at radius 2 is 1.83 bits per heavy atom. The summed E-state index contributed by atoms with van der Waals surface area (Å²) in [5, 5.41) is 11.4. The third kappa shape index (κ3) is 4.42. The van der Waals surface area contributed by atoms with Crippen LogP contribution in [0.1, 0.15) is 27.0 Å². The zero-order valence-corrected chi connectivity index (χ0v) is 12.9. The van der Waals surface area contributed by atoms with Gasteiger partial charge in [-0.15, -0.1) is 0 Å². The summed E-state index contributed by atoms with van der Waals surface area (Å²) in [5.41, 5.74) is 3.48. The van der Waals surface area contributed by atoms with Crippen molar-refractivity contribution >= 4 is 17.6 Å². The lowest BCUT2D eigenvalue weighted by atomic mass is 10.1. The van der Waals surface area contributed by atoms with E-state index in [2.05, 4.69) is 5.32 Å². The molecule has 1 N–H and O–H groups in total. The van der Waals surface area contributed by atoms with E-state index in [-0.39, 0.29) is 6.61 Å². The summed E-state index contributed by atoms with van der Waals surface area (Å²) in [5.74, 6) is -1.01. The van der Waals surface area contributed by atoms with Gasteiger partial charge in [-0.25, -0.2) is 4.79 Å². The molecule has 0 radical (unpaired) electrons. The second-order valence-electron chi connectivity index (χ2n) is 5.13. The summed E-state index contributed by atoms with van der Waals surface area (Å²) < 4.78 is 4.97. The van der Waals surface area contributed by atoms with Crippen LogP contribution in [0, 0.1) is 25.2 Å². The maximum Gasteiger partial charge on any atom is 0.338 e. The second-order valence-corrected chi connectivity index (χ2v) is 5.13. The Labute approximate surface area is 134 Å². The molecule has 0 atom stereocenters. The Morgan fingerprint density at radius 1 is 1.13 bits per heavy atom. The number of amides is 1. The minimum atomic E-state index is -0.606. The maximum absolute atomic E-state index is 11.9. The number of carbonyl (C=O) groups is 2. The average Bonchev–Trinajstić information content (AvgIpc) is 2.55. The predicted octanol–water partition coefficient (Wildman–Crippen LogP) is 2.97. The Balaban J connectivity index is 1.90. The SMILES string of the molecule is Cc1ccc(NC(=O)COC(=O)c2ccc(C#N)cc2)c(C)c1. The number of nitrogens with one attached hydrogen (secondary N) is 1. The van der Waals surface area contributed by atoms with Crippen molar-refractivity contribution in [2.75, 3.05) is 11.9 Å². The van der Waals surface area contributed by atoms with Gasteiger partial charge >= 0.3 is 5.97 Å². The Hall–Kier alpha value is -3.13. The van der Waals surface area contributed by atoms with E-state index in [1.54, 1.807) is 0 Å². The lowest BCUT2D eigenvalue weighted by Crippen LogP contribution is -2.21. The van der Waals surface area contributed by atoms with Gasteiger partial charge in [0.25, 0.3) is 5.91 Å².